The van der Waals surface area contributed by atoms with Gasteiger partial charge in [-0.1, -0.05) is 35.9 Å². The number of ether oxygens (including phenoxy) is 1. The molecule has 2 heterocycles. The van der Waals surface area contributed by atoms with Crippen LogP contribution in [0.3, 0.4) is 0 Å². The monoisotopic (exact) mass is 420 g/mol. The Morgan fingerprint density at radius 3 is 2.63 bits per heavy atom. The fraction of sp³-hybridized carbons (Fsp3) is 0.174. The van der Waals surface area contributed by atoms with E-state index < -0.39 is 0 Å². The topological polar surface area (TPSA) is 69.0 Å². The van der Waals surface area contributed by atoms with Crippen LogP contribution in [0.2, 0.25) is 5.02 Å². The second-order valence-electron chi connectivity index (χ2n) is 7.06. The van der Waals surface area contributed by atoms with Crippen molar-refractivity contribution in [2.75, 3.05) is 11.9 Å². The Morgan fingerprint density at radius 1 is 1.10 bits per heavy atom. The lowest BCUT2D eigenvalue weighted by molar-refractivity contribution is -0.118. The third-order valence-electron chi connectivity index (χ3n) is 4.88. The smallest absolute Gasteiger partial charge is 0.262 e. The van der Waals surface area contributed by atoms with Gasteiger partial charge in [-0.15, -0.1) is 0 Å². The van der Waals surface area contributed by atoms with Crippen molar-refractivity contribution < 1.29 is 9.53 Å². The summed E-state index contributed by atoms with van der Waals surface area (Å²) in [5, 5.41) is 9.03. The van der Waals surface area contributed by atoms with Crippen molar-refractivity contribution in [3.63, 3.8) is 0 Å². The molecule has 0 aliphatic rings. The van der Waals surface area contributed by atoms with Gasteiger partial charge in [0.15, 0.2) is 12.3 Å². The van der Waals surface area contributed by atoms with E-state index in [0.717, 1.165) is 27.9 Å². The van der Waals surface area contributed by atoms with Gasteiger partial charge in [0.1, 0.15) is 0 Å². The average molecular weight is 421 g/mol. The van der Waals surface area contributed by atoms with Crippen molar-refractivity contribution in [1.29, 1.82) is 0 Å². The number of pyridine rings is 1. The van der Waals surface area contributed by atoms with Crippen molar-refractivity contribution in [2.45, 2.75) is 20.8 Å². The molecule has 0 saturated heterocycles. The molecule has 152 valence electrons. The van der Waals surface area contributed by atoms with Crippen molar-refractivity contribution >= 4 is 34.2 Å². The number of aryl methyl sites for hydroxylation is 2. The highest BCUT2D eigenvalue weighted by Gasteiger charge is 2.15. The van der Waals surface area contributed by atoms with Crippen LogP contribution in [0.4, 0.5) is 5.69 Å². The van der Waals surface area contributed by atoms with Crippen molar-refractivity contribution in [2.24, 2.45) is 0 Å². The number of para-hydroxylation sites is 1. The molecule has 0 atom stereocenters. The molecular weight excluding hydrogens is 400 g/mol. The fourth-order valence-corrected chi connectivity index (χ4v) is 3.54. The summed E-state index contributed by atoms with van der Waals surface area (Å²) < 4.78 is 7.49. The normalized spacial score (nSPS) is 10.9. The zero-order valence-electron chi connectivity index (χ0n) is 16.9. The fourth-order valence-electron chi connectivity index (χ4n) is 3.37. The molecule has 0 fully saturated rings. The van der Waals surface area contributed by atoms with E-state index in [1.807, 2.05) is 57.2 Å². The number of halogens is 1. The Labute approximate surface area is 179 Å². The van der Waals surface area contributed by atoms with Crippen LogP contribution in [0.15, 0.2) is 54.6 Å². The molecule has 0 aliphatic carbocycles. The van der Waals surface area contributed by atoms with Crippen LogP contribution >= 0.6 is 11.6 Å². The number of nitrogens with zero attached hydrogens (tertiary/aromatic N) is 3. The molecule has 0 saturated carbocycles. The number of amides is 1. The molecule has 30 heavy (non-hydrogen) atoms. The Hall–Kier alpha value is -3.38. The molecule has 1 amide bonds. The number of carbonyl (C=O) groups is 1. The summed E-state index contributed by atoms with van der Waals surface area (Å²) in [6.45, 7) is 5.63. The quantitative estimate of drug-likeness (QED) is 0.492. The van der Waals surface area contributed by atoms with E-state index in [4.69, 9.17) is 16.3 Å². The van der Waals surface area contributed by atoms with Gasteiger partial charge < -0.3 is 10.1 Å². The highest BCUT2D eigenvalue weighted by molar-refractivity contribution is 6.31. The minimum absolute atomic E-state index is 0.164. The van der Waals surface area contributed by atoms with Gasteiger partial charge in [0.25, 0.3) is 5.91 Å². The minimum atomic E-state index is -0.285. The Balaban J connectivity index is 1.57. The first-order valence-electron chi connectivity index (χ1n) is 9.54. The Bertz CT molecular complexity index is 1240. The maximum atomic E-state index is 12.4. The van der Waals surface area contributed by atoms with Crippen molar-refractivity contribution in [3.05, 3.63) is 76.4 Å². The van der Waals surface area contributed by atoms with E-state index in [9.17, 15) is 4.79 Å². The predicted molar refractivity (Wildman–Crippen MR) is 119 cm³/mol. The van der Waals surface area contributed by atoms with Crippen LogP contribution in [0.25, 0.3) is 16.7 Å². The molecule has 4 aromatic rings. The van der Waals surface area contributed by atoms with Gasteiger partial charge in [-0.05, 0) is 56.2 Å². The number of fused-ring (bicyclic) bond motifs is 1. The largest absolute Gasteiger partial charge is 0.467 e. The number of hydrogen-bond acceptors (Lipinski definition) is 4. The first-order chi connectivity index (χ1) is 14.4. The Kier molecular flexibility index (Phi) is 5.42. The predicted octanol–water partition coefficient (Wildman–Crippen LogP) is 5.02. The highest BCUT2D eigenvalue weighted by Crippen LogP contribution is 2.27. The number of benzene rings is 2. The average Bonchev–Trinajstić information content (AvgIpc) is 3.07. The number of aromatic nitrogens is 3. The van der Waals surface area contributed by atoms with Gasteiger partial charge in [0.2, 0.25) is 5.88 Å². The van der Waals surface area contributed by atoms with E-state index in [-0.39, 0.29) is 12.5 Å². The zero-order chi connectivity index (χ0) is 21.3. The second-order valence-corrected chi connectivity index (χ2v) is 7.47. The molecule has 1 N–H and O–H groups in total. The van der Waals surface area contributed by atoms with Crippen LogP contribution in [0, 0.1) is 20.8 Å². The lowest BCUT2D eigenvalue weighted by Gasteiger charge is -2.11. The molecule has 0 bridgehead atoms. The van der Waals surface area contributed by atoms with E-state index in [0.29, 0.717) is 22.2 Å². The first kappa shape index (κ1) is 19.9. The van der Waals surface area contributed by atoms with Gasteiger partial charge in [0.05, 0.1) is 11.4 Å². The molecule has 0 unspecified atom stereocenters. The highest BCUT2D eigenvalue weighted by atomic mass is 35.5. The lowest BCUT2D eigenvalue weighted by atomic mass is 10.2. The maximum Gasteiger partial charge on any atom is 0.262 e. The summed E-state index contributed by atoms with van der Waals surface area (Å²) in [6.07, 6.45) is 0. The minimum Gasteiger partial charge on any atom is -0.467 e. The maximum absolute atomic E-state index is 12.4. The summed E-state index contributed by atoms with van der Waals surface area (Å²) in [5.41, 5.74) is 4.95. The van der Waals surface area contributed by atoms with Crippen molar-refractivity contribution in [3.8, 4) is 11.6 Å². The SMILES string of the molecule is Cc1c(Cl)cccc1NC(=O)COc1cc(C)c2c(C)nn(-c3ccccc3)c2n1. The first-order valence-corrected chi connectivity index (χ1v) is 9.92. The van der Waals surface area contributed by atoms with Gasteiger partial charge in [-0.3, -0.25) is 4.79 Å². The summed E-state index contributed by atoms with van der Waals surface area (Å²) >= 11 is 6.11. The van der Waals surface area contributed by atoms with Crippen molar-refractivity contribution in [1.82, 2.24) is 14.8 Å². The standard InChI is InChI=1S/C23H21ClN4O2/c1-14-12-21(30-13-20(29)25-19-11-7-10-18(24)15(19)2)26-23-22(14)16(3)27-28(23)17-8-5-4-6-9-17/h4-12H,13H2,1-3H3,(H,25,29). The summed E-state index contributed by atoms with van der Waals surface area (Å²) in [7, 11) is 0. The Morgan fingerprint density at radius 2 is 1.87 bits per heavy atom. The molecule has 2 aromatic carbocycles. The molecule has 0 radical (unpaired) electrons. The van der Waals surface area contributed by atoms with Crippen LogP contribution in [-0.4, -0.2) is 27.3 Å². The molecular formula is C23H21ClN4O2. The van der Waals surface area contributed by atoms with E-state index in [2.05, 4.69) is 15.4 Å². The zero-order valence-corrected chi connectivity index (χ0v) is 17.7. The summed E-state index contributed by atoms with van der Waals surface area (Å²) in [5.74, 6) is 0.0858. The van der Waals surface area contributed by atoms with E-state index in [1.54, 1.807) is 22.9 Å². The lowest BCUT2D eigenvalue weighted by Crippen LogP contribution is -2.21. The van der Waals surface area contributed by atoms with E-state index >= 15 is 0 Å². The summed E-state index contributed by atoms with van der Waals surface area (Å²) in [4.78, 5) is 17.0. The molecule has 0 aliphatic heterocycles. The molecule has 6 nitrogen and oxygen atoms in total. The molecule has 2 aromatic heterocycles. The van der Waals surface area contributed by atoms with Crippen LogP contribution in [0.1, 0.15) is 16.8 Å². The van der Waals surface area contributed by atoms with Crippen LogP contribution in [0.5, 0.6) is 5.88 Å². The van der Waals surface area contributed by atoms with Gasteiger partial charge in [0, 0.05) is 22.2 Å². The number of rotatable bonds is 5. The van der Waals surface area contributed by atoms with Crippen LogP contribution < -0.4 is 10.1 Å². The number of anilines is 1. The molecule has 0 spiro atoms. The van der Waals surface area contributed by atoms with E-state index in [1.165, 1.54) is 0 Å². The summed E-state index contributed by atoms with van der Waals surface area (Å²) in [6, 6.07) is 17.0. The molecule has 7 heteroatoms. The number of hydrogen-bond donors (Lipinski definition) is 1. The van der Waals surface area contributed by atoms with Gasteiger partial charge in [-0.25, -0.2) is 4.68 Å². The number of carbonyl (C=O) groups excluding carboxylic acids is 1. The molecule has 4 rings (SSSR count). The second kappa shape index (κ2) is 8.16. The third-order valence-corrected chi connectivity index (χ3v) is 5.29. The van der Waals surface area contributed by atoms with Gasteiger partial charge in [-0.2, -0.15) is 10.1 Å². The van der Waals surface area contributed by atoms with Gasteiger partial charge >= 0.3 is 0 Å². The van der Waals surface area contributed by atoms with Crippen LogP contribution in [-0.2, 0) is 4.79 Å². The number of nitrogens with one attached hydrogen (secondary N) is 1. The third kappa shape index (κ3) is 3.86.